The topological polar surface area (TPSA) is 157 Å². The second kappa shape index (κ2) is 13.6. The van der Waals surface area contributed by atoms with Crippen molar-refractivity contribution in [1.29, 1.82) is 0 Å². The maximum absolute atomic E-state index is 13.5. The van der Waals surface area contributed by atoms with Crippen LogP contribution in [0.5, 0.6) is 5.75 Å². The molecule has 10 heteroatoms. The molecule has 4 atom stereocenters. The molecule has 0 aliphatic carbocycles. The zero-order valence-corrected chi connectivity index (χ0v) is 21.6. The molecule has 0 saturated carbocycles. The molecule has 1 fully saturated rings. The Hall–Kier alpha value is -3.92. The fraction of sp³-hybridized carbons (Fsp3) is 0.429. The van der Waals surface area contributed by atoms with Crippen LogP contribution in [0.3, 0.4) is 0 Å². The Bertz CT molecular complexity index is 1100. The quantitative estimate of drug-likeness (QED) is 0.243. The zero-order valence-electron chi connectivity index (χ0n) is 21.6. The Labute approximate surface area is 222 Å². The predicted octanol–water partition coefficient (Wildman–Crippen LogP) is 1.12. The predicted molar refractivity (Wildman–Crippen MR) is 141 cm³/mol. The number of carbonyl (C=O) groups is 4. The largest absolute Gasteiger partial charge is 0.508 e. The van der Waals surface area contributed by atoms with Gasteiger partial charge in [0, 0.05) is 12.8 Å². The second-order valence-corrected chi connectivity index (χ2v) is 9.90. The highest BCUT2D eigenvalue weighted by atomic mass is 16.4. The van der Waals surface area contributed by atoms with Gasteiger partial charge in [-0.3, -0.25) is 14.4 Å². The number of carbonyl (C=O) groups excluding carboxylic acids is 3. The number of aliphatic carboxylic acids is 1. The van der Waals surface area contributed by atoms with E-state index in [1.807, 2.05) is 30.3 Å². The van der Waals surface area contributed by atoms with Gasteiger partial charge >= 0.3 is 5.97 Å². The molecule has 1 saturated heterocycles. The van der Waals surface area contributed by atoms with Crippen molar-refractivity contribution in [1.82, 2.24) is 21.3 Å². The van der Waals surface area contributed by atoms with Gasteiger partial charge < -0.3 is 31.5 Å². The van der Waals surface area contributed by atoms with E-state index in [1.165, 1.54) is 12.1 Å². The summed E-state index contributed by atoms with van der Waals surface area (Å²) >= 11 is 0. The van der Waals surface area contributed by atoms with E-state index in [0.717, 1.165) is 12.0 Å². The maximum Gasteiger partial charge on any atom is 0.326 e. The fourth-order valence-corrected chi connectivity index (χ4v) is 4.36. The summed E-state index contributed by atoms with van der Waals surface area (Å²) in [5, 5.41) is 30.4. The van der Waals surface area contributed by atoms with Gasteiger partial charge in [-0.2, -0.15) is 0 Å². The van der Waals surface area contributed by atoms with Crippen LogP contribution in [0.2, 0.25) is 0 Å². The van der Waals surface area contributed by atoms with E-state index in [2.05, 4.69) is 21.3 Å². The Balaban J connectivity index is 1.82. The minimum atomic E-state index is -1.17. The fourth-order valence-electron chi connectivity index (χ4n) is 4.36. The first-order valence-corrected chi connectivity index (χ1v) is 12.8. The molecule has 1 aliphatic heterocycles. The van der Waals surface area contributed by atoms with Crippen LogP contribution in [0.1, 0.15) is 37.8 Å². The van der Waals surface area contributed by atoms with Crippen LogP contribution in [0.25, 0.3) is 0 Å². The van der Waals surface area contributed by atoms with Gasteiger partial charge in [-0.15, -0.1) is 0 Å². The van der Waals surface area contributed by atoms with E-state index < -0.39 is 42.0 Å². The van der Waals surface area contributed by atoms with Crippen LogP contribution >= 0.6 is 0 Å². The van der Waals surface area contributed by atoms with Gasteiger partial charge in [0.2, 0.25) is 17.7 Å². The molecule has 38 heavy (non-hydrogen) atoms. The SMILES string of the molecule is CC(C)C(NC(=O)C(Cc1ccccc1)NC(=O)C(Cc1ccc(O)cc1)NC(=O)C1CCCN1)C(=O)O. The van der Waals surface area contributed by atoms with Gasteiger partial charge in [0.15, 0.2) is 0 Å². The molecule has 2 aromatic rings. The standard InChI is InChI=1S/C28H36N4O6/c1-17(2)24(28(37)38)32-27(36)23(15-18-7-4-3-5-8-18)31-26(35)22(16-19-10-12-20(33)13-11-19)30-25(34)21-9-6-14-29-21/h3-5,7-8,10-13,17,21-24,29,33H,6,9,14-16H2,1-2H3,(H,30,34)(H,31,35)(H,32,36)(H,37,38). The number of phenolic OH excluding ortho intramolecular Hbond substituents is 1. The molecule has 3 rings (SSSR count). The number of phenols is 1. The lowest BCUT2D eigenvalue weighted by Gasteiger charge is -2.26. The van der Waals surface area contributed by atoms with Crippen LogP contribution in [-0.2, 0) is 32.0 Å². The number of benzene rings is 2. The minimum Gasteiger partial charge on any atom is -0.508 e. The number of hydrogen-bond acceptors (Lipinski definition) is 6. The summed E-state index contributed by atoms with van der Waals surface area (Å²) in [6.45, 7) is 4.08. The van der Waals surface area contributed by atoms with Crippen molar-refractivity contribution < 1.29 is 29.4 Å². The van der Waals surface area contributed by atoms with E-state index in [0.29, 0.717) is 18.5 Å². The summed E-state index contributed by atoms with van der Waals surface area (Å²) in [5.41, 5.74) is 1.48. The molecular formula is C28H36N4O6. The lowest BCUT2D eigenvalue weighted by Crippen LogP contribution is -2.58. The Morgan fingerprint density at radius 3 is 2.00 bits per heavy atom. The van der Waals surface area contributed by atoms with Gasteiger partial charge in [0.25, 0.3) is 0 Å². The van der Waals surface area contributed by atoms with Crippen LogP contribution in [0, 0.1) is 5.92 Å². The smallest absolute Gasteiger partial charge is 0.326 e. The molecule has 6 N–H and O–H groups in total. The zero-order chi connectivity index (χ0) is 27.7. The van der Waals surface area contributed by atoms with E-state index in [-0.39, 0.29) is 30.4 Å². The average Bonchev–Trinajstić information content (AvgIpc) is 3.43. The van der Waals surface area contributed by atoms with Crippen molar-refractivity contribution in [3.63, 3.8) is 0 Å². The Morgan fingerprint density at radius 2 is 1.45 bits per heavy atom. The molecule has 204 valence electrons. The highest BCUT2D eigenvalue weighted by Gasteiger charge is 2.32. The van der Waals surface area contributed by atoms with Crippen molar-refractivity contribution in [3.8, 4) is 5.75 Å². The summed E-state index contributed by atoms with van der Waals surface area (Å²) in [6, 6.07) is 11.8. The number of rotatable bonds is 12. The first kappa shape index (κ1) is 28.6. The number of hydrogen-bond donors (Lipinski definition) is 6. The summed E-state index contributed by atoms with van der Waals surface area (Å²) in [5.74, 6) is -2.97. The third kappa shape index (κ3) is 8.31. The number of nitrogens with one attached hydrogen (secondary N) is 4. The molecule has 0 radical (unpaired) electrons. The summed E-state index contributed by atoms with van der Waals surface area (Å²) in [6.07, 6.45) is 1.78. The summed E-state index contributed by atoms with van der Waals surface area (Å²) in [7, 11) is 0. The average molecular weight is 525 g/mol. The van der Waals surface area contributed by atoms with Gasteiger partial charge in [-0.05, 0) is 48.6 Å². The molecule has 0 aromatic heterocycles. The van der Waals surface area contributed by atoms with Crippen molar-refractivity contribution in [2.45, 2.75) is 63.7 Å². The Kier molecular flexibility index (Phi) is 10.2. The van der Waals surface area contributed by atoms with Crippen molar-refractivity contribution >= 4 is 23.7 Å². The molecule has 1 heterocycles. The highest BCUT2D eigenvalue weighted by molar-refractivity contribution is 5.94. The lowest BCUT2D eigenvalue weighted by atomic mass is 10.0. The third-order valence-corrected chi connectivity index (χ3v) is 6.53. The molecule has 3 amide bonds. The molecule has 1 aliphatic rings. The van der Waals surface area contributed by atoms with Gasteiger partial charge in [0.05, 0.1) is 6.04 Å². The maximum atomic E-state index is 13.5. The number of amides is 3. The molecule has 4 unspecified atom stereocenters. The number of carboxylic acid groups (broad SMARTS) is 1. The summed E-state index contributed by atoms with van der Waals surface area (Å²) in [4.78, 5) is 51.3. The van der Waals surface area contributed by atoms with E-state index in [9.17, 15) is 29.4 Å². The lowest BCUT2D eigenvalue weighted by molar-refractivity contribution is -0.143. The van der Waals surface area contributed by atoms with Crippen LogP contribution in [0.15, 0.2) is 54.6 Å². The first-order valence-electron chi connectivity index (χ1n) is 12.8. The van der Waals surface area contributed by atoms with Crippen molar-refractivity contribution in [3.05, 3.63) is 65.7 Å². The monoisotopic (exact) mass is 524 g/mol. The third-order valence-electron chi connectivity index (χ3n) is 6.53. The van der Waals surface area contributed by atoms with Crippen molar-refractivity contribution in [2.24, 2.45) is 5.92 Å². The Morgan fingerprint density at radius 1 is 0.868 bits per heavy atom. The number of carboxylic acids is 1. The normalized spacial score (nSPS) is 17.3. The second-order valence-electron chi connectivity index (χ2n) is 9.90. The molecule has 0 bridgehead atoms. The van der Waals surface area contributed by atoms with Gasteiger partial charge in [0.1, 0.15) is 23.9 Å². The highest BCUT2D eigenvalue weighted by Crippen LogP contribution is 2.13. The van der Waals surface area contributed by atoms with E-state index in [1.54, 1.807) is 26.0 Å². The molecule has 2 aromatic carbocycles. The van der Waals surface area contributed by atoms with Gasteiger partial charge in [-0.1, -0.05) is 56.3 Å². The van der Waals surface area contributed by atoms with Crippen molar-refractivity contribution in [2.75, 3.05) is 6.54 Å². The van der Waals surface area contributed by atoms with E-state index >= 15 is 0 Å². The van der Waals surface area contributed by atoms with Crippen LogP contribution in [0.4, 0.5) is 0 Å². The molecule has 0 spiro atoms. The molecular weight excluding hydrogens is 488 g/mol. The number of aromatic hydroxyl groups is 1. The first-order chi connectivity index (χ1) is 18.1. The van der Waals surface area contributed by atoms with E-state index in [4.69, 9.17) is 0 Å². The van der Waals surface area contributed by atoms with Crippen LogP contribution < -0.4 is 21.3 Å². The molecule has 10 nitrogen and oxygen atoms in total. The van der Waals surface area contributed by atoms with Gasteiger partial charge in [-0.25, -0.2) is 4.79 Å². The minimum absolute atomic E-state index is 0.0756. The van der Waals surface area contributed by atoms with Crippen LogP contribution in [-0.4, -0.2) is 64.6 Å². The summed E-state index contributed by atoms with van der Waals surface area (Å²) < 4.78 is 0.